The fourth-order valence-electron chi connectivity index (χ4n) is 2.81. The van der Waals surface area contributed by atoms with Gasteiger partial charge >= 0.3 is 0 Å². The number of aromatic hydroxyl groups is 2. The Balaban J connectivity index is 1.94. The minimum atomic E-state index is 0.154. The SMILES string of the molecule is Oc1ccccc1Cc1nc2cccnc2n1-c1ccccc1O. The monoisotopic (exact) mass is 317 g/mol. The zero-order valence-corrected chi connectivity index (χ0v) is 12.8. The van der Waals surface area contributed by atoms with E-state index < -0.39 is 0 Å². The molecule has 2 N–H and O–H groups in total. The van der Waals surface area contributed by atoms with Crippen molar-refractivity contribution in [1.29, 1.82) is 0 Å². The smallest absolute Gasteiger partial charge is 0.164 e. The van der Waals surface area contributed by atoms with E-state index in [4.69, 9.17) is 0 Å². The van der Waals surface area contributed by atoms with Crippen LogP contribution in [0.5, 0.6) is 11.5 Å². The van der Waals surface area contributed by atoms with Crippen molar-refractivity contribution in [2.45, 2.75) is 6.42 Å². The first-order chi connectivity index (χ1) is 11.7. The lowest BCUT2D eigenvalue weighted by Gasteiger charge is -2.11. The highest BCUT2D eigenvalue weighted by Gasteiger charge is 2.17. The Bertz CT molecular complexity index is 1020. The van der Waals surface area contributed by atoms with Crippen LogP contribution in [0.25, 0.3) is 16.9 Å². The van der Waals surface area contributed by atoms with Gasteiger partial charge in [-0.15, -0.1) is 0 Å². The van der Waals surface area contributed by atoms with Gasteiger partial charge in [0.15, 0.2) is 5.65 Å². The van der Waals surface area contributed by atoms with E-state index >= 15 is 0 Å². The second-order valence-corrected chi connectivity index (χ2v) is 5.50. The van der Waals surface area contributed by atoms with E-state index in [2.05, 4.69) is 9.97 Å². The second-order valence-electron chi connectivity index (χ2n) is 5.50. The van der Waals surface area contributed by atoms with E-state index in [0.717, 1.165) is 11.1 Å². The summed E-state index contributed by atoms with van der Waals surface area (Å²) in [6, 6.07) is 18.0. The first kappa shape index (κ1) is 14.3. The Morgan fingerprint density at radius 2 is 1.58 bits per heavy atom. The Hall–Kier alpha value is -3.34. The molecule has 0 radical (unpaired) electrons. The fraction of sp³-hybridized carbons (Fsp3) is 0.0526. The highest BCUT2D eigenvalue weighted by atomic mass is 16.3. The van der Waals surface area contributed by atoms with E-state index in [1.165, 1.54) is 0 Å². The van der Waals surface area contributed by atoms with E-state index in [1.54, 1.807) is 30.5 Å². The zero-order chi connectivity index (χ0) is 16.5. The minimum Gasteiger partial charge on any atom is -0.508 e. The highest BCUT2D eigenvalue weighted by Crippen LogP contribution is 2.28. The molecular weight excluding hydrogens is 302 g/mol. The van der Waals surface area contributed by atoms with Crippen LogP contribution in [0.1, 0.15) is 11.4 Å². The molecule has 24 heavy (non-hydrogen) atoms. The molecule has 5 nitrogen and oxygen atoms in total. The summed E-state index contributed by atoms with van der Waals surface area (Å²) in [4.78, 5) is 9.06. The predicted octanol–water partition coefficient (Wildman–Crippen LogP) is 3.42. The number of phenolic OH excluding ortho intramolecular Hbond substituents is 2. The number of hydrogen-bond donors (Lipinski definition) is 2. The van der Waals surface area contributed by atoms with Crippen molar-refractivity contribution in [2.75, 3.05) is 0 Å². The molecule has 118 valence electrons. The number of rotatable bonds is 3. The third-order valence-electron chi connectivity index (χ3n) is 3.95. The van der Waals surface area contributed by atoms with Crippen LogP contribution >= 0.6 is 0 Å². The van der Waals surface area contributed by atoms with Gasteiger partial charge in [0.05, 0.1) is 5.69 Å². The molecule has 0 saturated heterocycles. The van der Waals surface area contributed by atoms with E-state index in [1.807, 2.05) is 41.0 Å². The van der Waals surface area contributed by atoms with Gasteiger partial charge in [0.1, 0.15) is 22.8 Å². The lowest BCUT2D eigenvalue weighted by molar-refractivity contribution is 0.468. The van der Waals surface area contributed by atoms with Crippen LogP contribution < -0.4 is 0 Å². The van der Waals surface area contributed by atoms with Gasteiger partial charge < -0.3 is 10.2 Å². The average molecular weight is 317 g/mol. The molecule has 2 aromatic carbocycles. The largest absolute Gasteiger partial charge is 0.508 e. The average Bonchev–Trinajstić information content (AvgIpc) is 2.95. The predicted molar refractivity (Wildman–Crippen MR) is 91.4 cm³/mol. The number of phenols is 2. The summed E-state index contributed by atoms with van der Waals surface area (Å²) < 4.78 is 1.83. The summed E-state index contributed by atoms with van der Waals surface area (Å²) in [5.74, 6) is 1.08. The van der Waals surface area contributed by atoms with Crippen LogP contribution in [-0.2, 0) is 6.42 Å². The lowest BCUT2D eigenvalue weighted by Crippen LogP contribution is -2.03. The molecule has 0 aliphatic rings. The van der Waals surface area contributed by atoms with Gasteiger partial charge in [-0.05, 0) is 30.3 Å². The van der Waals surface area contributed by atoms with Crippen LogP contribution in [0.15, 0.2) is 66.9 Å². The van der Waals surface area contributed by atoms with Crippen molar-refractivity contribution in [2.24, 2.45) is 0 Å². The van der Waals surface area contributed by atoms with Crippen molar-refractivity contribution in [3.05, 3.63) is 78.2 Å². The summed E-state index contributed by atoms with van der Waals surface area (Å²) in [6.45, 7) is 0. The van der Waals surface area contributed by atoms with Gasteiger partial charge in [0, 0.05) is 18.2 Å². The molecule has 5 heteroatoms. The molecular formula is C19H15N3O2. The molecule has 2 heterocycles. The fourth-order valence-corrected chi connectivity index (χ4v) is 2.81. The zero-order valence-electron chi connectivity index (χ0n) is 12.8. The van der Waals surface area contributed by atoms with Crippen molar-refractivity contribution in [3.63, 3.8) is 0 Å². The Morgan fingerprint density at radius 1 is 0.833 bits per heavy atom. The molecule has 0 atom stereocenters. The molecule has 0 fully saturated rings. The first-order valence-electron chi connectivity index (χ1n) is 7.61. The van der Waals surface area contributed by atoms with Crippen LogP contribution in [-0.4, -0.2) is 24.7 Å². The Labute approximate surface area is 138 Å². The molecule has 0 spiro atoms. The summed E-state index contributed by atoms with van der Waals surface area (Å²) in [5, 5.41) is 20.3. The molecule has 0 amide bonds. The maximum Gasteiger partial charge on any atom is 0.164 e. The van der Waals surface area contributed by atoms with E-state index in [0.29, 0.717) is 23.6 Å². The number of aromatic nitrogens is 3. The van der Waals surface area contributed by atoms with E-state index in [9.17, 15) is 10.2 Å². The van der Waals surface area contributed by atoms with Gasteiger partial charge in [-0.1, -0.05) is 30.3 Å². The number of para-hydroxylation sites is 3. The highest BCUT2D eigenvalue weighted by molar-refractivity contribution is 5.75. The van der Waals surface area contributed by atoms with Crippen molar-refractivity contribution < 1.29 is 10.2 Å². The number of hydrogen-bond acceptors (Lipinski definition) is 4. The molecule has 4 aromatic rings. The summed E-state index contributed by atoms with van der Waals surface area (Å²) >= 11 is 0. The number of nitrogens with zero attached hydrogens (tertiary/aromatic N) is 3. The van der Waals surface area contributed by atoms with E-state index in [-0.39, 0.29) is 11.5 Å². The van der Waals surface area contributed by atoms with Gasteiger partial charge in [-0.3, -0.25) is 4.57 Å². The van der Waals surface area contributed by atoms with Gasteiger partial charge in [0.2, 0.25) is 0 Å². The van der Waals surface area contributed by atoms with Gasteiger partial charge in [-0.2, -0.15) is 0 Å². The Morgan fingerprint density at radius 3 is 2.38 bits per heavy atom. The van der Waals surface area contributed by atoms with Crippen LogP contribution in [0.3, 0.4) is 0 Å². The molecule has 0 bridgehead atoms. The molecule has 4 rings (SSSR count). The minimum absolute atomic E-state index is 0.154. The van der Waals surface area contributed by atoms with Crippen LogP contribution in [0.2, 0.25) is 0 Å². The normalized spacial score (nSPS) is 11.0. The molecule has 0 saturated carbocycles. The number of imidazole rings is 1. The maximum absolute atomic E-state index is 10.3. The Kier molecular flexibility index (Phi) is 3.39. The summed E-state index contributed by atoms with van der Waals surface area (Å²) in [6.07, 6.45) is 2.13. The summed E-state index contributed by atoms with van der Waals surface area (Å²) in [7, 11) is 0. The molecule has 0 aliphatic heterocycles. The molecule has 0 aliphatic carbocycles. The quantitative estimate of drug-likeness (QED) is 0.607. The molecule has 0 unspecified atom stereocenters. The van der Waals surface area contributed by atoms with Crippen molar-refractivity contribution in [3.8, 4) is 17.2 Å². The first-order valence-corrected chi connectivity index (χ1v) is 7.61. The van der Waals surface area contributed by atoms with Crippen molar-refractivity contribution >= 4 is 11.2 Å². The second kappa shape index (κ2) is 5.70. The topological polar surface area (TPSA) is 71.2 Å². The van der Waals surface area contributed by atoms with Gasteiger partial charge in [-0.25, -0.2) is 9.97 Å². The number of benzene rings is 2. The lowest BCUT2D eigenvalue weighted by atomic mass is 10.1. The number of pyridine rings is 1. The summed E-state index contributed by atoms with van der Waals surface area (Å²) in [5.41, 5.74) is 2.80. The molecule has 2 aromatic heterocycles. The third kappa shape index (κ3) is 2.36. The number of fused-ring (bicyclic) bond motifs is 1. The van der Waals surface area contributed by atoms with Crippen LogP contribution in [0, 0.1) is 0 Å². The standard InChI is InChI=1S/C19H15N3O2/c23-16-9-3-1-6-13(16)12-18-21-14-7-5-11-20-19(14)22(18)15-8-2-4-10-17(15)24/h1-11,23-24H,12H2. The van der Waals surface area contributed by atoms with Crippen molar-refractivity contribution in [1.82, 2.24) is 14.5 Å². The maximum atomic E-state index is 10.3. The third-order valence-corrected chi connectivity index (χ3v) is 3.95. The van der Waals surface area contributed by atoms with Gasteiger partial charge in [0.25, 0.3) is 0 Å². The van der Waals surface area contributed by atoms with Crippen LogP contribution in [0.4, 0.5) is 0 Å².